The van der Waals surface area contributed by atoms with Crippen molar-refractivity contribution >= 4 is 23.4 Å². The molecule has 2 rings (SSSR count). The van der Waals surface area contributed by atoms with Gasteiger partial charge in [-0.2, -0.15) is 0 Å². The topological polar surface area (TPSA) is 38.3 Å². The van der Waals surface area contributed by atoms with E-state index in [1.165, 1.54) is 11.8 Å². The predicted molar refractivity (Wildman–Crippen MR) is 65.5 cm³/mol. The second kappa shape index (κ2) is 5.07. The molecule has 84 valence electrons. The van der Waals surface area contributed by atoms with Crippen LogP contribution in [-0.4, -0.2) is 18.3 Å². The summed E-state index contributed by atoms with van der Waals surface area (Å²) in [5.41, 5.74) is 2.21. The van der Waals surface area contributed by atoms with Crippen LogP contribution in [0.1, 0.15) is 6.92 Å². The van der Waals surface area contributed by atoms with Crippen molar-refractivity contribution in [1.29, 1.82) is 0 Å². The molecule has 4 heteroatoms. The van der Waals surface area contributed by atoms with Crippen LogP contribution in [0.15, 0.2) is 40.9 Å². The molecule has 1 N–H and O–H groups in total. The van der Waals surface area contributed by atoms with Crippen molar-refractivity contribution in [3.05, 3.63) is 36.0 Å². The van der Waals surface area contributed by atoms with Gasteiger partial charge in [-0.05, 0) is 18.2 Å². The molecule has 0 fully saturated rings. The Kier molecular flexibility index (Phi) is 3.51. The van der Waals surface area contributed by atoms with Gasteiger partial charge in [0.15, 0.2) is 0 Å². The molecule has 0 atom stereocenters. The van der Waals surface area contributed by atoms with Crippen molar-refractivity contribution in [2.24, 2.45) is 0 Å². The summed E-state index contributed by atoms with van der Waals surface area (Å²) in [6.07, 6.45) is 1.91. The van der Waals surface area contributed by atoms with Crippen molar-refractivity contribution in [3.8, 4) is 0 Å². The molecule has 0 bridgehead atoms. The number of carbonyl (C=O) groups excluding carboxylic acids is 1. The van der Waals surface area contributed by atoms with E-state index in [1.54, 1.807) is 11.8 Å². The summed E-state index contributed by atoms with van der Waals surface area (Å²) >= 11 is 1.78. The number of anilines is 1. The van der Waals surface area contributed by atoms with E-state index >= 15 is 0 Å². The molecular weight excluding hydrogens is 222 g/mol. The second-order valence-corrected chi connectivity index (χ2v) is 4.46. The highest BCUT2D eigenvalue weighted by molar-refractivity contribution is 7.99. The van der Waals surface area contributed by atoms with Gasteiger partial charge in [0.1, 0.15) is 6.61 Å². The van der Waals surface area contributed by atoms with Crippen molar-refractivity contribution in [2.45, 2.75) is 11.8 Å². The van der Waals surface area contributed by atoms with Crippen LogP contribution in [0.5, 0.6) is 0 Å². The Morgan fingerprint density at radius 1 is 1.56 bits per heavy atom. The minimum absolute atomic E-state index is 0.249. The fourth-order valence-electron chi connectivity index (χ4n) is 1.43. The predicted octanol–water partition coefficient (Wildman–Crippen LogP) is 2.65. The van der Waals surface area contributed by atoms with Gasteiger partial charge in [-0.3, -0.25) is 4.79 Å². The summed E-state index contributed by atoms with van der Waals surface area (Å²) in [5.74, 6) is 0.638. The third-order valence-electron chi connectivity index (χ3n) is 2.18. The molecule has 0 saturated carbocycles. The number of nitrogens with one attached hydrogen (secondary N) is 1. The van der Waals surface area contributed by atoms with Gasteiger partial charge in [0.05, 0.1) is 5.69 Å². The molecule has 0 spiro atoms. The lowest BCUT2D eigenvalue weighted by Gasteiger charge is -2.20. The standard InChI is InChI=1S/C12H13NO2S/c1-9(14)15-7-6-10-8-16-12-5-3-2-4-11(12)13-10/h2-6,13H,7-8H2,1H3/b10-6+. The molecule has 0 unspecified atom stereocenters. The SMILES string of the molecule is CC(=O)OC/C=C1\CSc2ccccc2N1. The van der Waals surface area contributed by atoms with E-state index in [9.17, 15) is 4.79 Å². The molecule has 0 aliphatic carbocycles. The second-order valence-electron chi connectivity index (χ2n) is 3.44. The highest BCUT2D eigenvalue weighted by atomic mass is 32.2. The number of para-hydroxylation sites is 1. The van der Waals surface area contributed by atoms with Crippen LogP contribution in [0.3, 0.4) is 0 Å². The number of hydrogen-bond acceptors (Lipinski definition) is 4. The van der Waals surface area contributed by atoms with E-state index in [4.69, 9.17) is 4.74 Å². The summed E-state index contributed by atoms with van der Waals surface area (Å²) in [6.45, 7) is 1.75. The lowest BCUT2D eigenvalue weighted by molar-refractivity contribution is -0.139. The number of esters is 1. The summed E-state index contributed by atoms with van der Waals surface area (Å²) < 4.78 is 4.87. The summed E-state index contributed by atoms with van der Waals surface area (Å²) in [7, 11) is 0. The van der Waals surface area contributed by atoms with Gasteiger partial charge in [-0.25, -0.2) is 0 Å². The normalized spacial score (nSPS) is 16.4. The minimum atomic E-state index is -0.249. The molecule has 1 aliphatic rings. The highest BCUT2D eigenvalue weighted by Gasteiger charge is 2.11. The van der Waals surface area contributed by atoms with Gasteiger partial charge in [0.2, 0.25) is 0 Å². The van der Waals surface area contributed by atoms with E-state index in [0.29, 0.717) is 6.61 Å². The monoisotopic (exact) mass is 235 g/mol. The lowest BCUT2D eigenvalue weighted by Crippen LogP contribution is -2.10. The number of carbonyl (C=O) groups is 1. The van der Waals surface area contributed by atoms with Gasteiger partial charge in [0, 0.05) is 23.3 Å². The molecule has 1 aliphatic heterocycles. The maximum Gasteiger partial charge on any atom is 0.302 e. The third-order valence-corrected chi connectivity index (χ3v) is 3.30. The van der Waals surface area contributed by atoms with Crippen molar-refractivity contribution < 1.29 is 9.53 Å². The summed E-state index contributed by atoms with van der Waals surface area (Å²) in [4.78, 5) is 11.9. The quantitative estimate of drug-likeness (QED) is 0.800. The maximum atomic E-state index is 10.6. The molecule has 1 aromatic rings. The van der Waals surface area contributed by atoms with E-state index in [0.717, 1.165) is 17.1 Å². The Bertz CT molecular complexity index is 429. The molecule has 0 radical (unpaired) electrons. The van der Waals surface area contributed by atoms with E-state index in [2.05, 4.69) is 11.4 Å². The Hall–Kier alpha value is -1.42. The molecule has 3 nitrogen and oxygen atoms in total. The van der Waals surface area contributed by atoms with Crippen molar-refractivity contribution in [3.63, 3.8) is 0 Å². The van der Waals surface area contributed by atoms with Crippen LogP contribution in [0.25, 0.3) is 0 Å². The number of ether oxygens (including phenoxy) is 1. The van der Waals surface area contributed by atoms with E-state index < -0.39 is 0 Å². The first kappa shape index (κ1) is 11.1. The third kappa shape index (κ3) is 2.79. The number of hydrogen-bond donors (Lipinski definition) is 1. The Labute approximate surface area is 98.9 Å². The number of fused-ring (bicyclic) bond motifs is 1. The molecule has 1 aromatic carbocycles. The van der Waals surface area contributed by atoms with Crippen LogP contribution >= 0.6 is 11.8 Å². The van der Waals surface area contributed by atoms with E-state index in [1.807, 2.05) is 24.3 Å². The smallest absolute Gasteiger partial charge is 0.302 e. The molecule has 16 heavy (non-hydrogen) atoms. The van der Waals surface area contributed by atoms with Crippen LogP contribution in [0.2, 0.25) is 0 Å². The molecule has 1 heterocycles. The fourth-order valence-corrected chi connectivity index (χ4v) is 2.38. The van der Waals surface area contributed by atoms with E-state index in [-0.39, 0.29) is 5.97 Å². The van der Waals surface area contributed by atoms with Gasteiger partial charge in [-0.15, -0.1) is 11.8 Å². The minimum Gasteiger partial charge on any atom is -0.462 e. The number of benzene rings is 1. The van der Waals surface area contributed by atoms with Crippen LogP contribution in [-0.2, 0) is 9.53 Å². The first-order valence-electron chi connectivity index (χ1n) is 5.07. The van der Waals surface area contributed by atoms with Crippen LogP contribution in [0, 0.1) is 0 Å². The maximum absolute atomic E-state index is 10.6. The Morgan fingerprint density at radius 2 is 2.38 bits per heavy atom. The molecule has 0 amide bonds. The largest absolute Gasteiger partial charge is 0.462 e. The lowest BCUT2D eigenvalue weighted by atomic mass is 10.3. The average molecular weight is 235 g/mol. The molecular formula is C12H13NO2S. The number of thioether (sulfide) groups is 1. The summed E-state index contributed by atoms with van der Waals surface area (Å²) in [5, 5.41) is 3.32. The van der Waals surface area contributed by atoms with Gasteiger partial charge in [0.25, 0.3) is 0 Å². The van der Waals surface area contributed by atoms with Crippen molar-refractivity contribution in [2.75, 3.05) is 17.7 Å². The van der Waals surface area contributed by atoms with Gasteiger partial charge in [-0.1, -0.05) is 12.1 Å². The van der Waals surface area contributed by atoms with Gasteiger partial charge >= 0.3 is 5.97 Å². The molecule has 0 aromatic heterocycles. The first-order valence-corrected chi connectivity index (χ1v) is 6.05. The summed E-state index contributed by atoms with van der Waals surface area (Å²) in [6, 6.07) is 8.17. The highest BCUT2D eigenvalue weighted by Crippen LogP contribution is 2.33. The number of rotatable bonds is 2. The molecule has 0 saturated heterocycles. The van der Waals surface area contributed by atoms with Gasteiger partial charge < -0.3 is 10.1 Å². The van der Waals surface area contributed by atoms with Crippen LogP contribution < -0.4 is 5.32 Å². The van der Waals surface area contributed by atoms with Crippen LogP contribution in [0.4, 0.5) is 5.69 Å². The Morgan fingerprint density at radius 3 is 3.19 bits per heavy atom. The fraction of sp³-hybridized carbons (Fsp3) is 0.250. The van der Waals surface area contributed by atoms with Crippen molar-refractivity contribution in [1.82, 2.24) is 0 Å². The Balaban J connectivity index is 1.99. The first-order chi connectivity index (χ1) is 7.75. The average Bonchev–Trinajstić information content (AvgIpc) is 2.28. The zero-order valence-electron chi connectivity index (χ0n) is 9.03. The zero-order valence-corrected chi connectivity index (χ0v) is 9.84. The zero-order chi connectivity index (χ0) is 11.4.